The Kier molecular flexibility index (Phi) is 6.88. The van der Waals surface area contributed by atoms with Crippen molar-refractivity contribution in [3.8, 4) is 5.75 Å². The fraction of sp³-hybridized carbons (Fsp3) is 0.308. The minimum Gasteiger partial charge on any atom is -0.494 e. The SMILES string of the molecule is CCOc1ccc(CNc2ccc(N3CC[NH+](Cc4ccccc4)CC3)cc2)cc1. The summed E-state index contributed by atoms with van der Waals surface area (Å²) in [6.45, 7) is 9.25. The first kappa shape index (κ1) is 20.3. The van der Waals surface area contributed by atoms with Gasteiger partial charge >= 0.3 is 0 Å². The van der Waals surface area contributed by atoms with Gasteiger partial charge < -0.3 is 19.9 Å². The molecule has 156 valence electrons. The zero-order valence-corrected chi connectivity index (χ0v) is 17.8. The lowest BCUT2D eigenvalue weighted by atomic mass is 10.2. The van der Waals surface area contributed by atoms with E-state index in [9.17, 15) is 0 Å². The minimum atomic E-state index is 0.702. The van der Waals surface area contributed by atoms with Crippen LogP contribution >= 0.6 is 0 Å². The van der Waals surface area contributed by atoms with Gasteiger partial charge in [-0.3, -0.25) is 0 Å². The van der Waals surface area contributed by atoms with Crippen LogP contribution < -0.4 is 19.9 Å². The van der Waals surface area contributed by atoms with Gasteiger partial charge in [0.1, 0.15) is 12.3 Å². The molecule has 3 aromatic rings. The maximum Gasteiger partial charge on any atom is 0.119 e. The summed E-state index contributed by atoms with van der Waals surface area (Å²) < 4.78 is 5.50. The normalized spacial score (nSPS) is 14.5. The summed E-state index contributed by atoms with van der Waals surface area (Å²) in [6.07, 6.45) is 0. The largest absolute Gasteiger partial charge is 0.494 e. The molecule has 0 atom stereocenters. The second kappa shape index (κ2) is 10.2. The van der Waals surface area contributed by atoms with Crippen molar-refractivity contribution in [2.24, 2.45) is 0 Å². The van der Waals surface area contributed by atoms with Crippen LogP contribution in [-0.2, 0) is 13.1 Å². The third-order valence-electron chi connectivity index (χ3n) is 5.73. The monoisotopic (exact) mass is 402 g/mol. The van der Waals surface area contributed by atoms with Crippen molar-refractivity contribution in [2.75, 3.05) is 43.0 Å². The number of rotatable bonds is 8. The highest BCUT2D eigenvalue weighted by atomic mass is 16.5. The lowest BCUT2D eigenvalue weighted by Crippen LogP contribution is -3.13. The van der Waals surface area contributed by atoms with Gasteiger partial charge in [0.2, 0.25) is 0 Å². The number of quaternary nitrogens is 1. The molecule has 0 saturated carbocycles. The van der Waals surface area contributed by atoms with Gasteiger partial charge in [-0.2, -0.15) is 0 Å². The Labute approximate surface area is 180 Å². The lowest BCUT2D eigenvalue weighted by Gasteiger charge is -2.33. The summed E-state index contributed by atoms with van der Waals surface area (Å²) in [5.41, 5.74) is 5.16. The molecule has 0 radical (unpaired) electrons. The first-order valence-electron chi connectivity index (χ1n) is 11.0. The molecule has 0 aromatic heterocycles. The van der Waals surface area contributed by atoms with Gasteiger partial charge in [0, 0.05) is 23.5 Å². The highest BCUT2D eigenvalue weighted by Crippen LogP contribution is 2.19. The predicted molar refractivity (Wildman–Crippen MR) is 124 cm³/mol. The van der Waals surface area contributed by atoms with Crippen molar-refractivity contribution in [2.45, 2.75) is 20.0 Å². The van der Waals surface area contributed by atoms with Crippen LogP contribution in [-0.4, -0.2) is 32.8 Å². The van der Waals surface area contributed by atoms with Gasteiger partial charge in [-0.1, -0.05) is 42.5 Å². The molecule has 1 heterocycles. The van der Waals surface area contributed by atoms with E-state index in [1.165, 1.54) is 29.9 Å². The van der Waals surface area contributed by atoms with Gasteiger partial charge in [-0.15, -0.1) is 0 Å². The van der Waals surface area contributed by atoms with Gasteiger partial charge in [0.15, 0.2) is 0 Å². The number of nitrogens with one attached hydrogen (secondary N) is 2. The molecule has 4 rings (SSSR count). The zero-order chi connectivity index (χ0) is 20.6. The Hall–Kier alpha value is -2.98. The summed E-state index contributed by atoms with van der Waals surface area (Å²) in [5.74, 6) is 0.927. The quantitative estimate of drug-likeness (QED) is 0.603. The Bertz CT molecular complexity index is 886. The summed E-state index contributed by atoms with van der Waals surface area (Å²) in [4.78, 5) is 4.18. The summed E-state index contributed by atoms with van der Waals surface area (Å²) in [6, 6.07) is 28.0. The average molecular weight is 403 g/mol. The number of piperazine rings is 1. The van der Waals surface area contributed by atoms with Gasteiger partial charge in [-0.25, -0.2) is 0 Å². The van der Waals surface area contributed by atoms with Crippen molar-refractivity contribution in [1.82, 2.24) is 0 Å². The van der Waals surface area contributed by atoms with Crippen LogP contribution in [0.25, 0.3) is 0 Å². The van der Waals surface area contributed by atoms with E-state index in [0.717, 1.165) is 37.6 Å². The van der Waals surface area contributed by atoms with Crippen molar-refractivity contribution < 1.29 is 9.64 Å². The fourth-order valence-corrected chi connectivity index (χ4v) is 4.01. The third kappa shape index (κ3) is 5.55. The highest BCUT2D eigenvalue weighted by molar-refractivity contribution is 5.55. The van der Waals surface area contributed by atoms with Gasteiger partial charge in [0.05, 0.1) is 32.8 Å². The molecular formula is C26H32N3O+. The summed E-state index contributed by atoms with van der Waals surface area (Å²) >= 11 is 0. The van der Waals surface area contributed by atoms with E-state index in [1.807, 2.05) is 19.1 Å². The molecule has 0 amide bonds. The second-order valence-corrected chi connectivity index (χ2v) is 7.88. The highest BCUT2D eigenvalue weighted by Gasteiger charge is 2.20. The first-order valence-corrected chi connectivity index (χ1v) is 11.0. The molecule has 0 bridgehead atoms. The molecule has 1 saturated heterocycles. The summed E-state index contributed by atoms with van der Waals surface area (Å²) in [7, 11) is 0. The number of anilines is 2. The number of hydrogen-bond acceptors (Lipinski definition) is 3. The van der Waals surface area contributed by atoms with Crippen molar-refractivity contribution in [3.63, 3.8) is 0 Å². The number of hydrogen-bond donors (Lipinski definition) is 2. The topological polar surface area (TPSA) is 28.9 Å². The fourth-order valence-electron chi connectivity index (χ4n) is 4.01. The van der Waals surface area contributed by atoms with Crippen LogP contribution in [0.1, 0.15) is 18.1 Å². The van der Waals surface area contributed by atoms with Crippen LogP contribution in [0.2, 0.25) is 0 Å². The van der Waals surface area contributed by atoms with Crippen molar-refractivity contribution in [3.05, 3.63) is 90.0 Å². The molecule has 0 spiro atoms. The molecule has 30 heavy (non-hydrogen) atoms. The molecular weight excluding hydrogens is 370 g/mol. The van der Waals surface area contributed by atoms with Crippen LogP contribution in [0, 0.1) is 0 Å². The third-order valence-corrected chi connectivity index (χ3v) is 5.73. The number of benzene rings is 3. The van der Waals surface area contributed by atoms with E-state index >= 15 is 0 Å². The molecule has 2 N–H and O–H groups in total. The first-order chi connectivity index (χ1) is 14.8. The summed E-state index contributed by atoms with van der Waals surface area (Å²) in [5, 5.41) is 3.51. The Morgan fingerprint density at radius 2 is 1.53 bits per heavy atom. The van der Waals surface area contributed by atoms with Gasteiger partial charge in [-0.05, 0) is 48.9 Å². The maximum atomic E-state index is 5.50. The van der Waals surface area contributed by atoms with Crippen LogP contribution in [0.3, 0.4) is 0 Å². The molecule has 0 aliphatic carbocycles. The predicted octanol–water partition coefficient (Wildman–Crippen LogP) is 3.60. The Balaban J connectivity index is 1.24. The molecule has 3 aromatic carbocycles. The van der Waals surface area contributed by atoms with E-state index in [2.05, 4.69) is 76.9 Å². The maximum absolute atomic E-state index is 5.50. The molecule has 1 fully saturated rings. The van der Waals surface area contributed by atoms with Crippen molar-refractivity contribution >= 4 is 11.4 Å². The zero-order valence-electron chi connectivity index (χ0n) is 17.8. The van der Waals surface area contributed by atoms with Crippen LogP contribution in [0.5, 0.6) is 5.75 Å². The Morgan fingerprint density at radius 1 is 0.833 bits per heavy atom. The minimum absolute atomic E-state index is 0.702. The molecule has 0 unspecified atom stereocenters. The number of nitrogens with zero attached hydrogens (tertiary/aromatic N) is 1. The van der Waals surface area contributed by atoms with E-state index < -0.39 is 0 Å². The van der Waals surface area contributed by atoms with E-state index in [-0.39, 0.29) is 0 Å². The average Bonchev–Trinajstić information content (AvgIpc) is 2.80. The molecule has 1 aliphatic rings. The smallest absolute Gasteiger partial charge is 0.119 e. The van der Waals surface area contributed by atoms with E-state index in [1.54, 1.807) is 4.90 Å². The molecule has 1 aliphatic heterocycles. The lowest BCUT2D eigenvalue weighted by molar-refractivity contribution is -0.914. The number of ether oxygens (including phenoxy) is 1. The van der Waals surface area contributed by atoms with E-state index in [0.29, 0.717) is 6.61 Å². The van der Waals surface area contributed by atoms with Gasteiger partial charge in [0.25, 0.3) is 0 Å². The van der Waals surface area contributed by atoms with Crippen LogP contribution in [0.15, 0.2) is 78.9 Å². The van der Waals surface area contributed by atoms with Crippen molar-refractivity contribution in [1.29, 1.82) is 0 Å². The second-order valence-electron chi connectivity index (χ2n) is 7.88. The molecule has 4 nitrogen and oxygen atoms in total. The van der Waals surface area contributed by atoms with E-state index in [4.69, 9.17) is 4.74 Å². The van der Waals surface area contributed by atoms with Crippen LogP contribution in [0.4, 0.5) is 11.4 Å². The molecule has 4 heteroatoms. The standard InChI is InChI=1S/C26H31N3O/c1-2-30-26-14-8-22(9-15-26)20-27-24-10-12-25(13-11-24)29-18-16-28(17-19-29)21-23-6-4-3-5-7-23/h3-15,27H,2,16-21H2,1H3/p+1. The Morgan fingerprint density at radius 3 is 2.20 bits per heavy atom.